The summed E-state index contributed by atoms with van der Waals surface area (Å²) in [5.41, 5.74) is 3.52. The number of ether oxygens (including phenoxy) is 1. The van der Waals surface area contributed by atoms with Crippen LogP contribution in [0.15, 0.2) is 71.7 Å². The van der Waals surface area contributed by atoms with Crippen molar-refractivity contribution in [3.63, 3.8) is 0 Å². The summed E-state index contributed by atoms with van der Waals surface area (Å²) in [7, 11) is 1.63. The number of benzene rings is 2. The van der Waals surface area contributed by atoms with Gasteiger partial charge in [0.2, 0.25) is 0 Å². The van der Waals surface area contributed by atoms with Crippen molar-refractivity contribution in [2.24, 2.45) is 0 Å². The Labute approximate surface area is 205 Å². The molecule has 0 saturated carbocycles. The molecule has 2 aromatic carbocycles. The molecule has 4 aromatic rings. The summed E-state index contributed by atoms with van der Waals surface area (Å²) >= 11 is 0. The predicted molar refractivity (Wildman–Crippen MR) is 129 cm³/mol. The van der Waals surface area contributed by atoms with Gasteiger partial charge in [0.05, 0.1) is 29.6 Å². The smallest absolute Gasteiger partial charge is 0.416 e. The molecule has 1 aliphatic rings. The fourth-order valence-electron chi connectivity index (χ4n) is 4.30. The van der Waals surface area contributed by atoms with Gasteiger partial charge in [-0.1, -0.05) is 30.3 Å². The molecule has 2 aromatic heterocycles. The Morgan fingerprint density at radius 1 is 1.06 bits per heavy atom. The molecule has 9 heteroatoms. The third kappa shape index (κ3) is 5.01. The van der Waals surface area contributed by atoms with E-state index in [1.54, 1.807) is 7.11 Å². The molecule has 0 atom stereocenters. The highest BCUT2D eigenvalue weighted by molar-refractivity contribution is 5.61. The Balaban J connectivity index is 1.29. The van der Waals surface area contributed by atoms with Gasteiger partial charge >= 0.3 is 6.18 Å². The van der Waals surface area contributed by atoms with Gasteiger partial charge < -0.3 is 9.72 Å². The number of nitrogens with one attached hydrogen (secondary N) is 1. The van der Waals surface area contributed by atoms with Crippen LogP contribution in [0.1, 0.15) is 22.4 Å². The molecule has 1 aliphatic heterocycles. The number of alkyl halides is 3. The maximum Gasteiger partial charge on any atom is 0.416 e. The van der Waals surface area contributed by atoms with Crippen molar-refractivity contribution in [2.75, 3.05) is 13.7 Å². The zero-order valence-electron chi connectivity index (χ0n) is 19.5. The molecule has 3 heterocycles. The van der Waals surface area contributed by atoms with Gasteiger partial charge in [-0.2, -0.15) is 13.2 Å². The SMILES string of the molecule is COc1cccc(-c2ccc(CN3CCc4nc(-c5ccc(C(F)(F)F)cc5)[nH]c(=O)c4C3)cn2)c1. The van der Waals surface area contributed by atoms with E-state index in [-0.39, 0.29) is 11.4 Å². The summed E-state index contributed by atoms with van der Waals surface area (Å²) < 4.78 is 43.8. The fourth-order valence-corrected chi connectivity index (χ4v) is 4.30. The van der Waals surface area contributed by atoms with Crippen LogP contribution in [0.2, 0.25) is 0 Å². The van der Waals surface area contributed by atoms with Crippen LogP contribution in [0.5, 0.6) is 5.75 Å². The largest absolute Gasteiger partial charge is 0.497 e. The van der Waals surface area contributed by atoms with Crippen LogP contribution >= 0.6 is 0 Å². The van der Waals surface area contributed by atoms with Gasteiger partial charge in [0.15, 0.2) is 0 Å². The fraction of sp³-hybridized carbons (Fsp3) is 0.222. The molecule has 184 valence electrons. The average molecular weight is 493 g/mol. The van der Waals surface area contributed by atoms with Gasteiger partial charge in [-0.15, -0.1) is 0 Å². The number of methoxy groups -OCH3 is 1. The molecular formula is C27H23F3N4O2. The summed E-state index contributed by atoms with van der Waals surface area (Å²) in [6.45, 7) is 1.76. The Morgan fingerprint density at radius 2 is 1.86 bits per heavy atom. The molecule has 0 amide bonds. The number of pyridine rings is 1. The lowest BCUT2D eigenvalue weighted by atomic mass is 10.0. The number of rotatable bonds is 5. The van der Waals surface area contributed by atoms with Gasteiger partial charge in [0.25, 0.3) is 5.56 Å². The van der Waals surface area contributed by atoms with Crippen LogP contribution in [-0.2, 0) is 25.7 Å². The maximum absolute atomic E-state index is 12.8. The lowest BCUT2D eigenvalue weighted by Crippen LogP contribution is -2.35. The second-order valence-corrected chi connectivity index (χ2v) is 8.66. The number of fused-ring (bicyclic) bond motifs is 1. The van der Waals surface area contributed by atoms with Gasteiger partial charge in [-0.3, -0.25) is 14.7 Å². The van der Waals surface area contributed by atoms with Crippen molar-refractivity contribution in [1.82, 2.24) is 19.9 Å². The van der Waals surface area contributed by atoms with Crippen LogP contribution in [0.4, 0.5) is 13.2 Å². The van der Waals surface area contributed by atoms with Gasteiger partial charge in [0.1, 0.15) is 11.6 Å². The number of H-pyrrole nitrogens is 1. The minimum atomic E-state index is -4.41. The topological polar surface area (TPSA) is 71.1 Å². The first-order valence-corrected chi connectivity index (χ1v) is 11.4. The van der Waals surface area contributed by atoms with Crippen LogP contribution in [0.3, 0.4) is 0 Å². The monoisotopic (exact) mass is 492 g/mol. The van der Waals surface area contributed by atoms with Crippen LogP contribution in [0.25, 0.3) is 22.6 Å². The number of nitrogens with zero attached hydrogens (tertiary/aromatic N) is 3. The summed E-state index contributed by atoms with van der Waals surface area (Å²) in [5, 5.41) is 0. The van der Waals surface area contributed by atoms with Crippen molar-refractivity contribution >= 4 is 0 Å². The quantitative estimate of drug-likeness (QED) is 0.421. The van der Waals surface area contributed by atoms with Crippen molar-refractivity contribution in [3.8, 4) is 28.4 Å². The number of halogens is 3. The Bertz CT molecular complexity index is 1430. The molecular weight excluding hydrogens is 469 g/mol. The molecule has 0 spiro atoms. The van der Waals surface area contributed by atoms with E-state index in [9.17, 15) is 18.0 Å². The maximum atomic E-state index is 12.8. The molecule has 1 N–H and O–H groups in total. The zero-order valence-corrected chi connectivity index (χ0v) is 19.5. The predicted octanol–water partition coefficient (Wildman–Crippen LogP) is 5.08. The number of hydrogen-bond acceptors (Lipinski definition) is 5. The summed E-state index contributed by atoms with van der Waals surface area (Å²) in [6, 6.07) is 16.3. The van der Waals surface area contributed by atoms with Gasteiger partial charge in [-0.25, -0.2) is 4.98 Å². The zero-order chi connectivity index (χ0) is 25.3. The van der Waals surface area contributed by atoms with Crippen molar-refractivity contribution in [3.05, 3.63) is 99.6 Å². The summed E-state index contributed by atoms with van der Waals surface area (Å²) in [5.74, 6) is 1.05. The van der Waals surface area contributed by atoms with E-state index < -0.39 is 11.7 Å². The number of aromatic amines is 1. The third-order valence-corrected chi connectivity index (χ3v) is 6.23. The van der Waals surface area contributed by atoms with E-state index in [1.807, 2.05) is 42.6 Å². The molecule has 0 aliphatic carbocycles. The van der Waals surface area contributed by atoms with E-state index in [0.29, 0.717) is 42.9 Å². The van der Waals surface area contributed by atoms with Crippen molar-refractivity contribution < 1.29 is 17.9 Å². The highest BCUT2D eigenvalue weighted by Crippen LogP contribution is 2.30. The molecule has 0 radical (unpaired) electrons. The molecule has 0 bridgehead atoms. The van der Waals surface area contributed by atoms with Crippen LogP contribution in [-0.4, -0.2) is 33.5 Å². The van der Waals surface area contributed by atoms with Crippen molar-refractivity contribution in [2.45, 2.75) is 25.7 Å². The number of aromatic nitrogens is 3. The molecule has 0 unspecified atom stereocenters. The first kappa shape index (κ1) is 23.7. The Kier molecular flexibility index (Phi) is 6.32. The summed E-state index contributed by atoms with van der Waals surface area (Å²) in [6.07, 6.45) is -2.01. The lowest BCUT2D eigenvalue weighted by Gasteiger charge is -2.27. The van der Waals surface area contributed by atoms with E-state index >= 15 is 0 Å². The van der Waals surface area contributed by atoms with E-state index in [1.165, 1.54) is 12.1 Å². The third-order valence-electron chi connectivity index (χ3n) is 6.23. The molecule has 5 rings (SSSR count). The lowest BCUT2D eigenvalue weighted by molar-refractivity contribution is -0.137. The first-order valence-electron chi connectivity index (χ1n) is 11.4. The standard InChI is InChI=1S/C27H23F3N4O2/c1-36-21-4-2-3-19(13-21)23-10-5-17(14-31-23)15-34-12-11-24-22(16-34)26(35)33-25(32-24)18-6-8-20(9-7-18)27(28,29)30/h2-10,13-14H,11-12,15-16H2,1H3,(H,32,33,35). The van der Waals surface area contributed by atoms with E-state index in [4.69, 9.17) is 4.74 Å². The second-order valence-electron chi connectivity index (χ2n) is 8.66. The molecule has 0 fully saturated rings. The van der Waals surface area contributed by atoms with E-state index in [2.05, 4.69) is 19.9 Å². The van der Waals surface area contributed by atoms with Crippen molar-refractivity contribution in [1.29, 1.82) is 0 Å². The second kappa shape index (κ2) is 9.58. The average Bonchev–Trinajstić information content (AvgIpc) is 2.89. The van der Waals surface area contributed by atoms with Gasteiger partial charge in [-0.05, 0) is 35.9 Å². The molecule has 6 nitrogen and oxygen atoms in total. The molecule has 36 heavy (non-hydrogen) atoms. The minimum absolute atomic E-state index is 0.272. The molecule has 0 saturated heterocycles. The summed E-state index contributed by atoms with van der Waals surface area (Å²) in [4.78, 5) is 26.8. The normalized spacial score (nSPS) is 13.9. The Hall–Kier alpha value is -3.98. The Morgan fingerprint density at radius 3 is 2.56 bits per heavy atom. The van der Waals surface area contributed by atoms with Gasteiger partial charge in [0, 0.05) is 43.4 Å². The van der Waals surface area contributed by atoms with Crippen LogP contribution in [0, 0.1) is 0 Å². The highest BCUT2D eigenvalue weighted by Gasteiger charge is 2.30. The van der Waals surface area contributed by atoms with E-state index in [0.717, 1.165) is 34.7 Å². The minimum Gasteiger partial charge on any atom is -0.497 e. The first-order chi connectivity index (χ1) is 17.3. The number of hydrogen-bond donors (Lipinski definition) is 1. The highest BCUT2D eigenvalue weighted by atomic mass is 19.4. The van der Waals surface area contributed by atoms with Crippen LogP contribution < -0.4 is 10.3 Å².